The molecule has 1 aromatic heterocycles. The van der Waals surface area contributed by atoms with E-state index in [0.717, 1.165) is 32.2 Å². The second-order valence-electron chi connectivity index (χ2n) is 5.08. The van der Waals surface area contributed by atoms with Crippen LogP contribution in [0.5, 0.6) is 11.6 Å². The van der Waals surface area contributed by atoms with Gasteiger partial charge < -0.3 is 9.47 Å². The van der Waals surface area contributed by atoms with Crippen LogP contribution in [0, 0.1) is 25.5 Å². The second-order valence-corrected chi connectivity index (χ2v) is 5.08. The lowest BCUT2D eigenvalue weighted by Crippen LogP contribution is -2.14. The Balaban J connectivity index is 2.62. The van der Waals surface area contributed by atoms with E-state index >= 15 is 0 Å². The largest absolute Gasteiger partial charge is 0.465 e. The number of carbonyl (C=O) groups is 1. The number of nitrogens with zero attached hydrogens (tertiary/aromatic N) is 1. The quantitative estimate of drug-likeness (QED) is 0.593. The van der Waals surface area contributed by atoms with E-state index in [0.29, 0.717) is 0 Å². The maximum atomic E-state index is 13.6. The number of rotatable bonds is 3. The van der Waals surface area contributed by atoms with Crippen LogP contribution in [0.4, 0.5) is 22.0 Å². The number of aryl methyl sites for hydroxylation is 1. The van der Waals surface area contributed by atoms with E-state index in [1.165, 1.54) is 6.92 Å². The van der Waals surface area contributed by atoms with Gasteiger partial charge in [-0.1, -0.05) is 0 Å². The van der Waals surface area contributed by atoms with Gasteiger partial charge in [0.15, 0.2) is 17.3 Å². The first kappa shape index (κ1) is 18.6. The van der Waals surface area contributed by atoms with Gasteiger partial charge in [-0.3, -0.25) is 0 Å². The fraction of sp³-hybridized carbons (Fsp3) is 0.250. The van der Waals surface area contributed by atoms with Crippen molar-refractivity contribution >= 4 is 5.97 Å². The minimum absolute atomic E-state index is 0.284. The van der Waals surface area contributed by atoms with E-state index in [4.69, 9.17) is 4.74 Å². The fourth-order valence-corrected chi connectivity index (χ4v) is 2.07. The Labute approximate surface area is 139 Å². The molecule has 2 aromatic rings. The normalized spacial score (nSPS) is 11.4. The minimum Gasteiger partial charge on any atom is -0.465 e. The number of halogens is 5. The summed E-state index contributed by atoms with van der Waals surface area (Å²) in [6.07, 6.45) is -4.79. The van der Waals surface area contributed by atoms with Crippen LogP contribution in [0.2, 0.25) is 0 Å². The Morgan fingerprint density at radius 2 is 1.80 bits per heavy atom. The van der Waals surface area contributed by atoms with Gasteiger partial charge in [-0.15, -0.1) is 0 Å². The predicted octanol–water partition coefficient (Wildman–Crippen LogP) is 4.57. The van der Waals surface area contributed by atoms with Crippen molar-refractivity contribution in [2.24, 2.45) is 0 Å². The van der Waals surface area contributed by atoms with Crippen LogP contribution in [-0.2, 0) is 10.9 Å². The number of benzene rings is 1. The van der Waals surface area contributed by atoms with Crippen LogP contribution in [-0.4, -0.2) is 18.1 Å². The van der Waals surface area contributed by atoms with E-state index in [9.17, 15) is 26.7 Å². The molecule has 0 aliphatic heterocycles. The molecule has 1 aromatic carbocycles. The molecule has 0 amide bonds. The van der Waals surface area contributed by atoms with Crippen molar-refractivity contribution in [1.29, 1.82) is 0 Å². The number of ether oxygens (including phenoxy) is 2. The Bertz CT molecular complexity index is 833. The molecule has 0 fully saturated rings. The molecule has 1 heterocycles. The molecule has 0 aliphatic carbocycles. The average molecular weight is 361 g/mol. The molecule has 9 heteroatoms. The molecule has 0 aliphatic rings. The van der Waals surface area contributed by atoms with Crippen molar-refractivity contribution in [2.75, 3.05) is 7.11 Å². The number of aromatic nitrogens is 1. The molecule has 0 unspecified atom stereocenters. The Kier molecular flexibility index (Phi) is 4.96. The number of hydrogen-bond acceptors (Lipinski definition) is 4. The van der Waals surface area contributed by atoms with Crippen molar-refractivity contribution in [3.63, 3.8) is 0 Å². The lowest BCUT2D eigenvalue weighted by Gasteiger charge is -2.15. The van der Waals surface area contributed by atoms with E-state index in [1.807, 2.05) is 0 Å². The van der Waals surface area contributed by atoms with Gasteiger partial charge in [-0.05, 0) is 37.6 Å². The molecule has 0 saturated heterocycles. The smallest absolute Gasteiger partial charge is 0.433 e. The maximum Gasteiger partial charge on any atom is 0.433 e. The molecule has 0 atom stereocenters. The van der Waals surface area contributed by atoms with E-state index in [-0.39, 0.29) is 22.4 Å². The monoisotopic (exact) mass is 361 g/mol. The molecule has 134 valence electrons. The van der Waals surface area contributed by atoms with Gasteiger partial charge in [0, 0.05) is 5.56 Å². The number of hydrogen-bond donors (Lipinski definition) is 0. The molecular formula is C16H12F5NO3. The maximum absolute atomic E-state index is 13.6. The Morgan fingerprint density at radius 1 is 1.16 bits per heavy atom. The molecule has 2 rings (SSSR count). The van der Waals surface area contributed by atoms with Crippen LogP contribution in [0.3, 0.4) is 0 Å². The highest BCUT2D eigenvalue weighted by Gasteiger charge is 2.36. The SMILES string of the molecule is COC(=O)c1cc(C)c(C(F)(F)F)nc1Oc1ccc(F)c(F)c1C. The highest BCUT2D eigenvalue weighted by Crippen LogP contribution is 2.35. The highest BCUT2D eigenvalue weighted by atomic mass is 19.4. The van der Waals surface area contributed by atoms with Gasteiger partial charge in [0.2, 0.25) is 5.88 Å². The molecule has 0 radical (unpaired) electrons. The van der Waals surface area contributed by atoms with Crippen molar-refractivity contribution in [1.82, 2.24) is 4.98 Å². The summed E-state index contributed by atoms with van der Waals surface area (Å²) < 4.78 is 75.5. The molecule has 0 N–H and O–H groups in total. The zero-order valence-corrected chi connectivity index (χ0v) is 13.3. The van der Waals surface area contributed by atoms with Crippen LogP contribution in [0.15, 0.2) is 18.2 Å². The zero-order valence-electron chi connectivity index (χ0n) is 13.3. The predicted molar refractivity (Wildman–Crippen MR) is 76.5 cm³/mol. The summed E-state index contributed by atoms with van der Waals surface area (Å²) in [5.74, 6) is -4.36. The first-order chi connectivity index (χ1) is 11.6. The summed E-state index contributed by atoms with van der Waals surface area (Å²) in [7, 11) is 1.03. The Hall–Kier alpha value is -2.71. The van der Waals surface area contributed by atoms with Crippen molar-refractivity contribution in [3.8, 4) is 11.6 Å². The summed E-state index contributed by atoms with van der Waals surface area (Å²) in [4.78, 5) is 15.1. The van der Waals surface area contributed by atoms with E-state index in [1.54, 1.807) is 0 Å². The van der Waals surface area contributed by atoms with Gasteiger partial charge in [0.25, 0.3) is 0 Å². The highest BCUT2D eigenvalue weighted by molar-refractivity contribution is 5.92. The zero-order chi connectivity index (χ0) is 18.9. The average Bonchev–Trinajstić information content (AvgIpc) is 2.54. The first-order valence-electron chi connectivity index (χ1n) is 6.85. The minimum atomic E-state index is -4.79. The number of esters is 1. The topological polar surface area (TPSA) is 48.4 Å². The van der Waals surface area contributed by atoms with Crippen LogP contribution < -0.4 is 4.74 Å². The fourth-order valence-electron chi connectivity index (χ4n) is 2.07. The third-order valence-corrected chi connectivity index (χ3v) is 3.35. The summed E-state index contributed by atoms with van der Waals surface area (Å²) in [5, 5.41) is 0. The molecule has 0 saturated carbocycles. The first-order valence-corrected chi connectivity index (χ1v) is 6.85. The molecule has 0 spiro atoms. The van der Waals surface area contributed by atoms with Crippen LogP contribution in [0.25, 0.3) is 0 Å². The molecule has 0 bridgehead atoms. The van der Waals surface area contributed by atoms with Crippen LogP contribution >= 0.6 is 0 Å². The van der Waals surface area contributed by atoms with Gasteiger partial charge in [-0.25, -0.2) is 18.6 Å². The van der Waals surface area contributed by atoms with Crippen LogP contribution in [0.1, 0.15) is 27.2 Å². The Morgan fingerprint density at radius 3 is 2.36 bits per heavy atom. The van der Waals surface area contributed by atoms with Gasteiger partial charge >= 0.3 is 12.1 Å². The molecule has 4 nitrogen and oxygen atoms in total. The van der Waals surface area contributed by atoms with Crippen molar-refractivity contribution in [3.05, 3.63) is 52.2 Å². The number of pyridine rings is 1. The number of alkyl halides is 3. The summed E-state index contributed by atoms with van der Waals surface area (Å²) in [6.45, 7) is 2.29. The number of methoxy groups -OCH3 is 1. The van der Waals surface area contributed by atoms with Gasteiger partial charge in [0.1, 0.15) is 11.3 Å². The van der Waals surface area contributed by atoms with Gasteiger partial charge in [-0.2, -0.15) is 13.2 Å². The standard InChI is InChI=1S/C16H12F5NO3/c1-7-6-9(15(23)24-3)14(22-13(7)16(19,20)21)25-11-5-4-10(17)12(18)8(11)2/h4-6H,1-3H3. The summed E-state index contributed by atoms with van der Waals surface area (Å²) in [5.41, 5.74) is -2.25. The second kappa shape index (κ2) is 6.66. The third-order valence-electron chi connectivity index (χ3n) is 3.35. The van der Waals surface area contributed by atoms with E-state index in [2.05, 4.69) is 9.72 Å². The van der Waals surface area contributed by atoms with E-state index < -0.39 is 35.4 Å². The molecular weight excluding hydrogens is 349 g/mol. The molecule has 25 heavy (non-hydrogen) atoms. The number of carbonyl (C=O) groups excluding carboxylic acids is 1. The van der Waals surface area contributed by atoms with Crippen molar-refractivity contribution < 1.29 is 36.2 Å². The summed E-state index contributed by atoms with van der Waals surface area (Å²) >= 11 is 0. The van der Waals surface area contributed by atoms with Crippen molar-refractivity contribution in [2.45, 2.75) is 20.0 Å². The lowest BCUT2D eigenvalue weighted by atomic mass is 10.1. The lowest BCUT2D eigenvalue weighted by molar-refractivity contribution is -0.141. The van der Waals surface area contributed by atoms with Gasteiger partial charge in [0.05, 0.1) is 7.11 Å². The third kappa shape index (κ3) is 3.70. The summed E-state index contributed by atoms with van der Waals surface area (Å²) in [6, 6.07) is 2.67.